The molecule has 0 amide bonds. The monoisotopic (exact) mass is 255 g/mol. The number of carbonyl (C=O) groups is 2. The van der Waals surface area contributed by atoms with Crippen molar-refractivity contribution in [2.75, 3.05) is 6.54 Å². The highest BCUT2D eigenvalue weighted by atomic mass is 16.1. The number of ketones is 2. The van der Waals surface area contributed by atoms with E-state index in [0.717, 1.165) is 0 Å². The van der Waals surface area contributed by atoms with Gasteiger partial charge in [-0.1, -0.05) is 5.11 Å². The summed E-state index contributed by atoms with van der Waals surface area (Å²) in [7, 11) is 0. The molecule has 0 radical (unpaired) electrons. The van der Waals surface area contributed by atoms with Crippen LogP contribution in [0.4, 0.5) is 0 Å². The second-order valence-electron chi connectivity index (χ2n) is 4.45. The van der Waals surface area contributed by atoms with Crippen LogP contribution in [-0.2, 0) is 0 Å². The summed E-state index contributed by atoms with van der Waals surface area (Å²) in [5.41, 5.74) is 8.93. The largest absolute Gasteiger partial charge is 0.361 e. The molecular weight excluding hydrogens is 246 g/mol. The Hall–Kier alpha value is -2.66. The van der Waals surface area contributed by atoms with E-state index in [4.69, 9.17) is 5.53 Å². The smallest absolute Gasteiger partial charge is 0.216 e. The van der Waals surface area contributed by atoms with Crippen molar-refractivity contribution in [1.29, 1.82) is 0 Å². The molecule has 0 saturated carbocycles. The summed E-state index contributed by atoms with van der Waals surface area (Å²) < 4.78 is 0. The molecule has 0 bridgehead atoms. The van der Waals surface area contributed by atoms with E-state index in [2.05, 4.69) is 15.0 Å². The van der Waals surface area contributed by atoms with Gasteiger partial charge in [0, 0.05) is 23.7 Å². The van der Waals surface area contributed by atoms with E-state index < -0.39 is 5.78 Å². The quantitative estimate of drug-likeness (QED) is 0.347. The van der Waals surface area contributed by atoms with Crippen molar-refractivity contribution in [3.8, 4) is 0 Å². The van der Waals surface area contributed by atoms with Gasteiger partial charge in [0.2, 0.25) is 11.6 Å². The van der Waals surface area contributed by atoms with Crippen molar-refractivity contribution in [1.82, 2.24) is 9.88 Å². The first-order valence-electron chi connectivity index (χ1n) is 5.75. The van der Waals surface area contributed by atoms with E-state index in [1.807, 2.05) is 6.92 Å². The van der Waals surface area contributed by atoms with Crippen LogP contribution in [0.3, 0.4) is 0 Å². The Morgan fingerprint density at radius 3 is 2.84 bits per heavy atom. The predicted octanol–water partition coefficient (Wildman–Crippen LogP) is 1.69. The highest BCUT2D eigenvalue weighted by Crippen LogP contribution is 2.34. The third-order valence-electron chi connectivity index (χ3n) is 3.21. The van der Waals surface area contributed by atoms with Crippen LogP contribution in [0.2, 0.25) is 0 Å². The molecular formula is C12H9N5O2. The first kappa shape index (κ1) is 11.4. The lowest BCUT2D eigenvalue weighted by Gasteiger charge is -2.18. The third kappa shape index (κ3) is 1.60. The highest BCUT2D eigenvalue weighted by molar-refractivity contribution is 6.25. The lowest BCUT2D eigenvalue weighted by atomic mass is 9.94. The van der Waals surface area contributed by atoms with Gasteiger partial charge in [-0.15, -0.1) is 0 Å². The number of hydrogen-bond donors (Lipinski definition) is 0. The maximum atomic E-state index is 12.4. The fourth-order valence-electron chi connectivity index (χ4n) is 2.18. The maximum absolute atomic E-state index is 12.4. The predicted molar refractivity (Wildman–Crippen MR) is 65.2 cm³/mol. The number of hydrogen-bond acceptors (Lipinski definition) is 5. The second kappa shape index (κ2) is 3.93. The average molecular weight is 255 g/mol. The van der Waals surface area contributed by atoms with E-state index in [0.29, 0.717) is 6.54 Å². The number of rotatable bonds is 2. The Morgan fingerprint density at radius 2 is 2.21 bits per heavy atom. The van der Waals surface area contributed by atoms with Gasteiger partial charge in [0.1, 0.15) is 11.4 Å². The van der Waals surface area contributed by atoms with E-state index in [1.165, 1.54) is 6.20 Å². The molecule has 0 spiro atoms. The van der Waals surface area contributed by atoms with Gasteiger partial charge < -0.3 is 4.90 Å². The van der Waals surface area contributed by atoms with Crippen LogP contribution in [-0.4, -0.2) is 34.0 Å². The minimum absolute atomic E-state index is 0.0492. The van der Waals surface area contributed by atoms with Crippen LogP contribution in [0, 0.1) is 0 Å². The van der Waals surface area contributed by atoms with Crippen LogP contribution >= 0.6 is 0 Å². The van der Waals surface area contributed by atoms with Gasteiger partial charge in [-0.25, -0.2) is 0 Å². The summed E-state index contributed by atoms with van der Waals surface area (Å²) in [5.74, 6) is -0.809. The molecule has 19 heavy (non-hydrogen) atoms. The highest BCUT2D eigenvalue weighted by Gasteiger charge is 2.42. The molecule has 1 unspecified atom stereocenters. The van der Waals surface area contributed by atoms with Crippen LogP contribution in [0.15, 0.2) is 34.8 Å². The Morgan fingerprint density at radius 1 is 1.47 bits per heavy atom. The van der Waals surface area contributed by atoms with Crippen LogP contribution in [0.1, 0.15) is 27.8 Å². The standard InChI is InChI=1S/C12H9N5O2/c1-6-5-17(6)10-9(15-16-13)12(19)8-7(11(10)18)3-2-4-14-8/h2-4,6H,5H2,1H3. The molecule has 1 aromatic rings. The van der Waals surface area contributed by atoms with E-state index in [-0.39, 0.29) is 34.5 Å². The molecule has 94 valence electrons. The number of azide groups is 1. The third-order valence-corrected chi connectivity index (χ3v) is 3.21. The van der Waals surface area contributed by atoms with E-state index in [1.54, 1.807) is 17.0 Å². The summed E-state index contributed by atoms with van der Waals surface area (Å²) >= 11 is 0. The minimum atomic E-state index is -0.498. The van der Waals surface area contributed by atoms with Crippen molar-refractivity contribution in [3.63, 3.8) is 0 Å². The molecule has 1 atom stereocenters. The van der Waals surface area contributed by atoms with E-state index in [9.17, 15) is 9.59 Å². The summed E-state index contributed by atoms with van der Waals surface area (Å²) in [6, 6.07) is 3.34. The number of aromatic nitrogens is 1. The summed E-state index contributed by atoms with van der Waals surface area (Å²) in [6.07, 6.45) is 1.43. The van der Waals surface area contributed by atoms with Crippen molar-refractivity contribution >= 4 is 11.6 Å². The second-order valence-corrected chi connectivity index (χ2v) is 4.45. The molecule has 7 heteroatoms. The van der Waals surface area contributed by atoms with Crippen LogP contribution in [0.5, 0.6) is 0 Å². The fourth-order valence-corrected chi connectivity index (χ4v) is 2.18. The zero-order chi connectivity index (χ0) is 13.6. The summed E-state index contributed by atoms with van der Waals surface area (Å²) in [6.45, 7) is 2.60. The van der Waals surface area contributed by atoms with Gasteiger partial charge in [0.15, 0.2) is 0 Å². The van der Waals surface area contributed by atoms with Gasteiger partial charge in [-0.2, -0.15) is 0 Å². The van der Waals surface area contributed by atoms with E-state index >= 15 is 0 Å². The van der Waals surface area contributed by atoms with Crippen molar-refractivity contribution in [2.24, 2.45) is 5.11 Å². The number of Topliss-reactive ketones (excluding diaryl/α,β-unsaturated/α-hetero) is 2. The molecule has 0 aromatic carbocycles. The topological polar surface area (TPSA) is 98.8 Å². The molecule has 1 fully saturated rings. The van der Waals surface area contributed by atoms with Gasteiger partial charge in [0.25, 0.3) is 0 Å². The van der Waals surface area contributed by atoms with Gasteiger partial charge >= 0.3 is 0 Å². The van der Waals surface area contributed by atoms with Gasteiger partial charge in [-0.05, 0) is 24.6 Å². The van der Waals surface area contributed by atoms with Gasteiger partial charge in [-0.3, -0.25) is 14.6 Å². The van der Waals surface area contributed by atoms with Crippen LogP contribution < -0.4 is 0 Å². The molecule has 1 aliphatic carbocycles. The summed E-state index contributed by atoms with van der Waals surface area (Å²) in [4.78, 5) is 32.9. The number of fused-ring (bicyclic) bond motifs is 1. The molecule has 1 aliphatic heterocycles. The molecule has 2 heterocycles. The van der Waals surface area contributed by atoms with Gasteiger partial charge in [0.05, 0.1) is 11.3 Å². The molecule has 1 saturated heterocycles. The van der Waals surface area contributed by atoms with Crippen molar-refractivity contribution in [2.45, 2.75) is 13.0 Å². The van der Waals surface area contributed by atoms with Crippen LogP contribution in [0.25, 0.3) is 10.4 Å². The van der Waals surface area contributed by atoms with Crippen molar-refractivity contribution in [3.05, 3.63) is 51.4 Å². The molecule has 7 nitrogen and oxygen atoms in total. The molecule has 2 aliphatic rings. The Bertz CT molecular complexity index is 687. The molecule has 0 N–H and O–H groups in total. The Kier molecular flexibility index (Phi) is 2.36. The number of carbonyl (C=O) groups excluding carboxylic acids is 2. The first-order chi connectivity index (χ1) is 9.15. The maximum Gasteiger partial charge on any atom is 0.216 e. The minimum Gasteiger partial charge on any atom is -0.361 e. The zero-order valence-corrected chi connectivity index (χ0v) is 10.1. The first-order valence-corrected chi connectivity index (χ1v) is 5.75. The molecule has 1 aromatic heterocycles. The summed E-state index contributed by atoms with van der Waals surface area (Å²) in [5, 5.41) is 3.40. The zero-order valence-electron chi connectivity index (χ0n) is 10.1. The SMILES string of the molecule is CC1CN1C1=C(N=[N+]=[N-])C(=O)c2ncccc2C1=O. The number of allylic oxidation sites excluding steroid dienone is 2. The number of pyridine rings is 1. The normalized spacial score (nSPS) is 21.1. The lowest BCUT2D eigenvalue weighted by molar-refractivity contribution is 0.0954. The molecule has 3 rings (SSSR count). The lowest BCUT2D eigenvalue weighted by Crippen LogP contribution is -2.26. The van der Waals surface area contributed by atoms with Crippen molar-refractivity contribution < 1.29 is 9.59 Å². The number of nitrogens with zero attached hydrogens (tertiary/aromatic N) is 5. The Labute approximate surface area is 108 Å². The fraction of sp³-hybridized carbons (Fsp3) is 0.250. The average Bonchev–Trinajstić information content (AvgIpc) is 3.13. The Balaban J connectivity index is 2.23.